The minimum absolute atomic E-state index is 0.176. The second-order valence-corrected chi connectivity index (χ2v) is 7.90. The summed E-state index contributed by atoms with van der Waals surface area (Å²) in [5.41, 5.74) is 3.35. The Bertz CT molecular complexity index is 1110. The number of aromatic amines is 1. The van der Waals surface area contributed by atoms with E-state index in [1.165, 1.54) is 47.7 Å². The van der Waals surface area contributed by atoms with Crippen LogP contribution in [0, 0.1) is 5.92 Å². The van der Waals surface area contributed by atoms with Gasteiger partial charge in [-0.2, -0.15) is 0 Å². The first-order chi connectivity index (χ1) is 14.5. The van der Waals surface area contributed by atoms with Crippen molar-refractivity contribution in [3.8, 4) is 0 Å². The molecule has 154 valence electrons. The highest BCUT2D eigenvalue weighted by Crippen LogP contribution is 2.34. The van der Waals surface area contributed by atoms with Crippen molar-refractivity contribution < 1.29 is 9.90 Å². The molecule has 1 aliphatic carbocycles. The molecule has 0 radical (unpaired) electrons. The van der Waals surface area contributed by atoms with Gasteiger partial charge in [-0.05, 0) is 76.9 Å². The fraction of sp³-hybridized carbons (Fsp3) is 0.222. The van der Waals surface area contributed by atoms with E-state index in [2.05, 4.69) is 67.0 Å². The zero-order valence-electron chi connectivity index (χ0n) is 17.7. The predicted molar refractivity (Wildman–Crippen MR) is 126 cm³/mol. The van der Waals surface area contributed by atoms with Gasteiger partial charge in [-0.25, -0.2) is 4.79 Å². The maximum absolute atomic E-state index is 9.60. The van der Waals surface area contributed by atoms with Crippen LogP contribution in [0.25, 0.3) is 21.5 Å². The highest BCUT2D eigenvalue weighted by atomic mass is 16.4. The third kappa shape index (κ3) is 5.18. The number of fused-ring (bicyclic) bond motifs is 5. The lowest BCUT2D eigenvalue weighted by molar-refractivity contribution is -0.132. The number of carboxylic acid groups (broad SMARTS) is 1. The molecule has 1 unspecified atom stereocenters. The number of benzene rings is 3. The third-order valence-electron chi connectivity index (χ3n) is 5.45. The molecule has 3 heteroatoms. The maximum Gasteiger partial charge on any atom is 0.330 e. The fourth-order valence-electron chi connectivity index (χ4n) is 3.83. The van der Waals surface area contributed by atoms with Crippen LogP contribution in [0.1, 0.15) is 31.4 Å². The van der Waals surface area contributed by atoms with Crippen LogP contribution >= 0.6 is 0 Å². The molecule has 1 heterocycles. The molecular weight excluding hydrogens is 370 g/mol. The van der Waals surface area contributed by atoms with Crippen molar-refractivity contribution in [3.63, 3.8) is 0 Å². The van der Waals surface area contributed by atoms with Crippen molar-refractivity contribution in [1.29, 1.82) is 0 Å². The summed E-state index contributed by atoms with van der Waals surface area (Å²) in [5.74, 6) is -0.0968. The van der Waals surface area contributed by atoms with E-state index in [-0.39, 0.29) is 5.57 Å². The number of hydrogen-bond donors (Lipinski definition) is 2. The highest BCUT2D eigenvalue weighted by Gasteiger charge is 2.17. The summed E-state index contributed by atoms with van der Waals surface area (Å²) in [6, 6.07) is 21.9. The molecule has 0 spiro atoms. The quantitative estimate of drug-likeness (QED) is 0.274. The molecule has 4 aromatic rings. The molecule has 5 rings (SSSR count). The van der Waals surface area contributed by atoms with Gasteiger partial charge in [-0.1, -0.05) is 62.0 Å². The van der Waals surface area contributed by atoms with E-state index < -0.39 is 5.97 Å². The van der Waals surface area contributed by atoms with Gasteiger partial charge in [0.2, 0.25) is 0 Å². The number of aliphatic carboxylic acids is 1. The third-order valence-corrected chi connectivity index (χ3v) is 5.45. The number of nitrogens with one attached hydrogen (secondary N) is 1. The van der Waals surface area contributed by atoms with Crippen molar-refractivity contribution >= 4 is 27.5 Å². The first-order valence-corrected chi connectivity index (χ1v) is 10.4. The molecule has 3 aromatic carbocycles. The van der Waals surface area contributed by atoms with Crippen molar-refractivity contribution in [2.24, 2.45) is 5.92 Å². The van der Waals surface area contributed by atoms with E-state index in [4.69, 9.17) is 5.11 Å². The molecule has 3 nitrogen and oxygen atoms in total. The molecule has 0 amide bonds. The van der Waals surface area contributed by atoms with Crippen molar-refractivity contribution in [1.82, 2.24) is 4.98 Å². The normalized spacial score (nSPS) is 14.7. The second-order valence-electron chi connectivity index (χ2n) is 7.90. The van der Waals surface area contributed by atoms with Crippen LogP contribution in [-0.4, -0.2) is 16.1 Å². The van der Waals surface area contributed by atoms with Gasteiger partial charge in [0.15, 0.2) is 0 Å². The standard InChI is InChI=1S/C19H18.C4H5N.C4H6O2/c1-13-6-9-17-15(12-13)8-11-18-16-5-3-2-4-14(16)7-10-19(17)18;1-2-4-5-3-1;1-3(2)4(5)6/h2-5,7-8,10-11,13H,6,9,12H2,1H3;1-5H;1H2,2H3,(H,5,6). The van der Waals surface area contributed by atoms with E-state index in [1.807, 2.05) is 24.5 Å². The lowest BCUT2D eigenvalue weighted by atomic mass is 9.82. The van der Waals surface area contributed by atoms with Crippen molar-refractivity contribution in [2.75, 3.05) is 0 Å². The Morgan fingerprint density at radius 2 is 1.63 bits per heavy atom. The Balaban J connectivity index is 0.000000193. The van der Waals surface area contributed by atoms with Gasteiger partial charge in [0, 0.05) is 18.0 Å². The van der Waals surface area contributed by atoms with Gasteiger partial charge in [0.05, 0.1) is 0 Å². The number of hydrogen-bond acceptors (Lipinski definition) is 1. The summed E-state index contributed by atoms with van der Waals surface area (Å²) < 4.78 is 0. The summed E-state index contributed by atoms with van der Waals surface area (Å²) in [5, 5.41) is 13.5. The molecule has 0 fully saturated rings. The molecular formula is C27H29NO2. The van der Waals surface area contributed by atoms with Crippen LogP contribution in [0.3, 0.4) is 0 Å². The van der Waals surface area contributed by atoms with Crippen molar-refractivity contribution in [2.45, 2.75) is 33.1 Å². The van der Waals surface area contributed by atoms with Crippen molar-refractivity contribution in [3.05, 3.63) is 96.3 Å². The summed E-state index contributed by atoms with van der Waals surface area (Å²) in [6.07, 6.45) is 7.57. The van der Waals surface area contributed by atoms with Gasteiger partial charge < -0.3 is 10.1 Å². The molecule has 1 aromatic heterocycles. The van der Waals surface area contributed by atoms with Gasteiger partial charge in [-0.15, -0.1) is 0 Å². The maximum atomic E-state index is 9.60. The Kier molecular flexibility index (Phi) is 7.08. The van der Waals surface area contributed by atoms with Gasteiger partial charge in [-0.3, -0.25) is 0 Å². The Morgan fingerprint density at radius 1 is 0.967 bits per heavy atom. The first kappa shape index (κ1) is 21.4. The molecule has 0 saturated heterocycles. The van der Waals surface area contributed by atoms with E-state index >= 15 is 0 Å². The van der Waals surface area contributed by atoms with E-state index in [0.717, 1.165) is 5.92 Å². The van der Waals surface area contributed by atoms with E-state index in [1.54, 1.807) is 11.1 Å². The van der Waals surface area contributed by atoms with E-state index in [9.17, 15) is 4.79 Å². The average molecular weight is 400 g/mol. The lowest BCUT2D eigenvalue weighted by Gasteiger charge is -2.23. The fourth-order valence-corrected chi connectivity index (χ4v) is 3.83. The average Bonchev–Trinajstić information content (AvgIpc) is 3.33. The first-order valence-electron chi connectivity index (χ1n) is 10.4. The SMILES string of the molecule is C=C(C)C(=O)O.CC1CCc2c(ccc3c2ccc2ccccc23)C1.c1cc[nH]c1. The minimum atomic E-state index is -0.935. The smallest absolute Gasteiger partial charge is 0.330 e. The number of aryl methyl sites for hydroxylation is 1. The van der Waals surface area contributed by atoms with Gasteiger partial charge >= 0.3 is 5.97 Å². The summed E-state index contributed by atoms with van der Waals surface area (Å²) in [6.45, 7) is 6.97. The predicted octanol–water partition coefficient (Wildman–Crippen LogP) is 6.78. The largest absolute Gasteiger partial charge is 0.478 e. The summed E-state index contributed by atoms with van der Waals surface area (Å²) in [7, 11) is 0. The van der Waals surface area contributed by atoms with Crippen LogP contribution in [0.15, 0.2) is 85.2 Å². The summed E-state index contributed by atoms with van der Waals surface area (Å²) in [4.78, 5) is 12.5. The van der Waals surface area contributed by atoms with Gasteiger partial charge in [0.25, 0.3) is 0 Å². The molecule has 30 heavy (non-hydrogen) atoms. The van der Waals surface area contributed by atoms with Crippen LogP contribution < -0.4 is 0 Å². The van der Waals surface area contributed by atoms with Crippen LogP contribution in [0.4, 0.5) is 0 Å². The molecule has 0 saturated carbocycles. The monoisotopic (exact) mass is 399 g/mol. The number of H-pyrrole nitrogens is 1. The Morgan fingerprint density at radius 3 is 2.27 bits per heavy atom. The number of rotatable bonds is 1. The molecule has 2 N–H and O–H groups in total. The number of carboxylic acids is 1. The molecule has 1 aliphatic rings. The molecule has 0 bridgehead atoms. The molecule has 1 atom stereocenters. The van der Waals surface area contributed by atoms with Gasteiger partial charge in [0.1, 0.15) is 0 Å². The Labute approximate surface area is 178 Å². The van der Waals surface area contributed by atoms with Crippen LogP contribution in [0.5, 0.6) is 0 Å². The molecule has 0 aliphatic heterocycles. The number of aromatic nitrogens is 1. The minimum Gasteiger partial charge on any atom is -0.478 e. The topological polar surface area (TPSA) is 53.1 Å². The Hall–Kier alpha value is -3.33. The van der Waals surface area contributed by atoms with Crippen LogP contribution in [0.2, 0.25) is 0 Å². The number of carbonyl (C=O) groups is 1. The second kappa shape index (κ2) is 9.93. The highest BCUT2D eigenvalue weighted by molar-refractivity contribution is 6.08. The zero-order chi connectivity index (χ0) is 21.5. The lowest BCUT2D eigenvalue weighted by Crippen LogP contribution is -2.11. The zero-order valence-corrected chi connectivity index (χ0v) is 17.7. The summed E-state index contributed by atoms with van der Waals surface area (Å²) >= 11 is 0. The van der Waals surface area contributed by atoms with Crippen LogP contribution in [-0.2, 0) is 17.6 Å². The van der Waals surface area contributed by atoms with E-state index in [0.29, 0.717) is 0 Å².